The third-order valence-electron chi connectivity index (χ3n) is 3.90. The molecule has 0 fully saturated rings. The number of hydrogen-bond acceptors (Lipinski definition) is 7. The molecule has 3 heterocycles. The second-order valence-electron chi connectivity index (χ2n) is 5.66. The first-order valence-corrected chi connectivity index (χ1v) is 8.76. The molecule has 0 saturated heterocycles. The van der Waals surface area contributed by atoms with E-state index < -0.39 is 0 Å². The van der Waals surface area contributed by atoms with Gasteiger partial charge < -0.3 is 5.11 Å². The molecule has 0 aliphatic carbocycles. The molecule has 0 aliphatic rings. The Hall–Kier alpha value is -3.32. The lowest BCUT2D eigenvalue weighted by Gasteiger charge is -2.00. The lowest BCUT2D eigenvalue weighted by atomic mass is 10.1. The lowest BCUT2D eigenvalue weighted by molar-refractivity contribution is 0.475. The largest absolute Gasteiger partial charge is 0.508 e. The van der Waals surface area contributed by atoms with Crippen molar-refractivity contribution in [3.8, 4) is 16.2 Å². The molecule has 6 nitrogen and oxygen atoms in total. The van der Waals surface area contributed by atoms with E-state index in [4.69, 9.17) is 0 Å². The van der Waals surface area contributed by atoms with Crippen molar-refractivity contribution in [1.82, 2.24) is 15.0 Å². The normalized spacial score (nSPS) is 11.3. The molecular weight excluding hydrogens is 346 g/mol. The van der Waals surface area contributed by atoms with Crippen LogP contribution in [0.1, 0.15) is 11.1 Å². The molecule has 0 saturated carbocycles. The zero-order valence-electron chi connectivity index (χ0n) is 13.9. The van der Waals surface area contributed by atoms with Crippen molar-refractivity contribution in [1.29, 1.82) is 0 Å². The first kappa shape index (κ1) is 16.2. The van der Waals surface area contributed by atoms with Gasteiger partial charge in [-0.2, -0.15) is 5.10 Å². The number of nitrogens with zero attached hydrogens (tertiary/aromatic N) is 4. The Balaban J connectivity index is 1.69. The minimum Gasteiger partial charge on any atom is -0.508 e. The van der Waals surface area contributed by atoms with Crippen LogP contribution in [0.25, 0.3) is 20.7 Å². The third-order valence-corrected chi connectivity index (χ3v) is 5.24. The summed E-state index contributed by atoms with van der Waals surface area (Å²) in [4.78, 5) is 13.9. The first-order valence-electron chi connectivity index (χ1n) is 7.95. The van der Waals surface area contributed by atoms with Gasteiger partial charge in [0.1, 0.15) is 12.1 Å². The van der Waals surface area contributed by atoms with Crippen LogP contribution < -0.4 is 5.43 Å². The Kier molecular flexibility index (Phi) is 4.28. The predicted molar refractivity (Wildman–Crippen MR) is 105 cm³/mol. The van der Waals surface area contributed by atoms with Gasteiger partial charge >= 0.3 is 0 Å². The van der Waals surface area contributed by atoms with E-state index in [1.165, 1.54) is 6.33 Å². The van der Waals surface area contributed by atoms with Crippen LogP contribution in [-0.4, -0.2) is 26.3 Å². The Morgan fingerprint density at radius 3 is 2.77 bits per heavy atom. The third kappa shape index (κ3) is 3.12. The second-order valence-corrected chi connectivity index (χ2v) is 6.68. The molecule has 0 atom stereocenters. The van der Waals surface area contributed by atoms with Crippen LogP contribution in [0.2, 0.25) is 0 Å². The Morgan fingerprint density at radius 1 is 1.15 bits per heavy atom. The average Bonchev–Trinajstić information content (AvgIpc) is 3.01. The highest BCUT2D eigenvalue weighted by molar-refractivity contribution is 7.23. The van der Waals surface area contributed by atoms with Gasteiger partial charge in [0, 0.05) is 22.8 Å². The van der Waals surface area contributed by atoms with Crippen molar-refractivity contribution in [2.24, 2.45) is 5.10 Å². The number of phenolic OH excluding ortho intramolecular Hbond substituents is 1. The molecule has 1 aromatic carbocycles. The molecule has 7 heteroatoms. The number of thiophene rings is 1. The lowest BCUT2D eigenvalue weighted by Crippen LogP contribution is -1.94. The smallest absolute Gasteiger partial charge is 0.167 e. The fourth-order valence-electron chi connectivity index (χ4n) is 2.61. The number of benzene rings is 1. The summed E-state index contributed by atoms with van der Waals surface area (Å²) in [6.07, 6.45) is 6.68. The Morgan fingerprint density at radius 2 is 2.00 bits per heavy atom. The number of hydrogen-bond donors (Lipinski definition) is 2. The number of pyridine rings is 1. The highest BCUT2D eigenvalue weighted by Gasteiger charge is 2.15. The van der Waals surface area contributed by atoms with E-state index in [2.05, 4.69) is 25.5 Å². The summed E-state index contributed by atoms with van der Waals surface area (Å²) in [7, 11) is 0. The molecule has 0 unspecified atom stereocenters. The van der Waals surface area contributed by atoms with E-state index >= 15 is 0 Å². The van der Waals surface area contributed by atoms with Crippen LogP contribution in [0.5, 0.6) is 5.75 Å². The summed E-state index contributed by atoms with van der Waals surface area (Å²) in [5, 5.41) is 13.8. The number of anilines is 1. The fourth-order valence-corrected chi connectivity index (χ4v) is 3.82. The molecule has 4 rings (SSSR count). The summed E-state index contributed by atoms with van der Waals surface area (Å²) >= 11 is 1.60. The van der Waals surface area contributed by atoms with Gasteiger partial charge in [-0.15, -0.1) is 11.3 Å². The quantitative estimate of drug-likeness (QED) is 0.420. The van der Waals surface area contributed by atoms with Crippen LogP contribution in [0.4, 0.5) is 5.82 Å². The van der Waals surface area contributed by atoms with Gasteiger partial charge in [0.15, 0.2) is 5.82 Å². The summed E-state index contributed by atoms with van der Waals surface area (Å²) in [5.41, 5.74) is 6.91. The van der Waals surface area contributed by atoms with Gasteiger partial charge in [-0.05, 0) is 48.4 Å². The zero-order chi connectivity index (χ0) is 17.9. The number of aromatic nitrogens is 3. The molecule has 0 spiro atoms. The van der Waals surface area contributed by atoms with E-state index in [1.54, 1.807) is 42.1 Å². The average molecular weight is 361 g/mol. The molecule has 0 amide bonds. The molecule has 128 valence electrons. The number of phenols is 1. The number of nitrogens with one attached hydrogen (secondary N) is 1. The number of aromatic hydroxyl groups is 1. The van der Waals surface area contributed by atoms with Crippen LogP contribution in [-0.2, 0) is 0 Å². The van der Waals surface area contributed by atoms with Crippen molar-refractivity contribution >= 4 is 33.6 Å². The van der Waals surface area contributed by atoms with Crippen molar-refractivity contribution in [3.05, 3.63) is 66.2 Å². The van der Waals surface area contributed by atoms with E-state index in [-0.39, 0.29) is 5.75 Å². The maximum absolute atomic E-state index is 9.50. The van der Waals surface area contributed by atoms with Crippen LogP contribution >= 0.6 is 11.3 Å². The van der Waals surface area contributed by atoms with Gasteiger partial charge in [0.2, 0.25) is 0 Å². The van der Waals surface area contributed by atoms with Crippen LogP contribution in [0, 0.1) is 6.92 Å². The summed E-state index contributed by atoms with van der Waals surface area (Å²) in [6.45, 7) is 2.04. The molecule has 0 bridgehead atoms. The first-order chi connectivity index (χ1) is 12.7. The Labute approximate surface area is 153 Å². The highest BCUT2D eigenvalue weighted by Crippen LogP contribution is 2.39. The molecule has 0 radical (unpaired) electrons. The molecule has 3 aromatic heterocycles. The van der Waals surface area contributed by atoms with Crippen molar-refractivity contribution < 1.29 is 5.11 Å². The minimum absolute atomic E-state index is 0.249. The van der Waals surface area contributed by atoms with Gasteiger partial charge in [0.05, 0.1) is 16.4 Å². The maximum Gasteiger partial charge on any atom is 0.167 e. The van der Waals surface area contributed by atoms with Crippen molar-refractivity contribution in [2.45, 2.75) is 6.92 Å². The number of rotatable bonds is 4. The van der Waals surface area contributed by atoms with Crippen molar-refractivity contribution in [3.63, 3.8) is 0 Å². The van der Waals surface area contributed by atoms with Crippen LogP contribution in [0.3, 0.4) is 0 Å². The van der Waals surface area contributed by atoms with Gasteiger partial charge in [-0.25, -0.2) is 9.97 Å². The monoisotopic (exact) mass is 361 g/mol. The van der Waals surface area contributed by atoms with Gasteiger partial charge in [0.25, 0.3) is 0 Å². The Bertz CT molecular complexity index is 1070. The topological polar surface area (TPSA) is 83.3 Å². The number of fused-ring (bicyclic) bond motifs is 1. The summed E-state index contributed by atoms with van der Waals surface area (Å²) < 4.78 is 0.941. The SMILES string of the molecule is Cc1c(-c2ccc(O)cc2)sc2c(NN=Cc3cccnc3)ncnc12. The maximum atomic E-state index is 9.50. The van der Waals surface area contributed by atoms with E-state index in [9.17, 15) is 5.11 Å². The zero-order valence-corrected chi connectivity index (χ0v) is 14.7. The fraction of sp³-hybridized carbons (Fsp3) is 0.0526. The molecule has 26 heavy (non-hydrogen) atoms. The minimum atomic E-state index is 0.249. The van der Waals surface area contributed by atoms with E-state index in [0.29, 0.717) is 5.82 Å². The molecule has 2 N–H and O–H groups in total. The number of aryl methyl sites for hydroxylation is 1. The number of hydrazone groups is 1. The second kappa shape index (κ2) is 6.89. The summed E-state index contributed by atoms with van der Waals surface area (Å²) in [6, 6.07) is 10.9. The van der Waals surface area contributed by atoms with E-state index in [0.717, 1.165) is 31.8 Å². The summed E-state index contributed by atoms with van der Waals surface area (Å²) in [5.74, 6) is 0.910. The highest BCUT2D eigenvalue weighted by atomic mass is 32.1. The molecule has 4 aromatic rings. The van der Waals surface area contributed by atoms with E-state index in [1.807, 2.05) is 31.2 Å². The molecular formula is C19H15N5OS. The predicted octanol–water partition coefficient (Wildman–Crippen LogP) is 4.21. The van der Waals surface area contributed by atoms with Gasteiger partial charge in [-0.3, -0.25) is 10.4 Å². The van der Waals surface area contributed by atoms with Gasteiger partial charge in [-0.1, -0.05) is 6.07 Å². The standard InChI is InChI=1S/C19H15N5OS/c1-12-16-18(26-17(12)14-4-6-15(25)7-5-14)19(22-11-21-16)24-23-10-13-3-2-8-20-9-13/h2-11,25H,1H3,(H,21,22,24). The van der Waals surface area contributed by atoms with Crippen LogP contribution in [0.15, 0.2) is 60.2 Å². The molecule has 0 aliphatic heterocycles. The van der Waals surface area contributed by atoms with Crippen molar-refractivity contribution in [2.75, 3.05) is 5.43 Å².